The Morgan fingerprint density at radius 2 is 2.31 bits per heavy atom. The Labute approximate surface area is 151 Å². The van der Waals surface area contributed by atoms with Crippen molar-refractivity contribution in [1.29, 1.82) is 0 Å². The van der Waals surface area contributed by atoms with Crippen LogP contribution in [0.15, 0.2) is 41.2 Å². The number of hydrogen-bond donors (Lipinski definition) is 1. The molecule has 1 unspecified atom stereocenters. The first kappa shape index (κ1) is 15.4. The van der Waals surface area contributed by atoms with Crippen LogP contribution in [0, 0.1) is 0 Å². The summed E-state index contributed by atoms with van der Waals surface area (Å²) in [6.07, 6.45) is 9.78. The molecule has 134 valence electrons. The highest BCUT2D eigenvalue weighted by molar-refractivity contribution is 5.91. The van der Waals surface area contributed by atoms with Gasteiger partial charge in [0, 0.05) is 36.6 Å². The molecule has 0 aromatic carbocycles. The monoisotopic (exact) mass is 351 g/mol. The number of rotatable bonds is 3. The lowest BCUT2D eigenvalue weighted by atomic mass is 9.77. The molecule has 2 aliphatic rings. The van der Waals surface area contributed by atoms with Gasteiger partial charge in [-0.25, -0.2) is 0 Å². The van der Waals surface area contributed by atoms with Gasteiger partial charge in [0.05, 0.1) is 12.7 Å². The summed E-state index contributed by atoms with van der Waals surface area (Å²) in [4.78, 5) is 14.9. The number of furan rings is 1. The number of amides is 1. The molecule has 0 bridgehead atoms. The molecular formula is C19H21N5O2. The average molecular weight is 351 g/mol. The average Bonchev–Trinajstić information content (AvgIpc) is 3.43. The van der Waals surface area contributed by atoms with Gasteiger partial charge < -0.3 is 9.32 Å². The number of carbonyl (C=O) groups excluding carboxylic acids is 1. The van der Waals surface area contributed by atoms with Crippen molar-refractivity contribution in [2.45, 2.75) is 37.6 Å². The lowest BCUT2D eigenvalue weighted by molar-refractivity contribution is 0.0599. The van der Waals surface area contributed by atoms with Gasteiger partial charge in [0.15, 0.2) is 5.76 Å². The molecule has 0 saturated carbocycles. The van der Waals surface area contributed by atoms with E-state index in [1.54, 1.807) is 16.9 Å². The van der Waals surface area contributed by atoms with Gasteiger partial charge in [0.25, 0.3) is 5.91 Å². The second-order valence-electron chi connectivity index (χ2n) is 7.35. The Morgan fingerprint density at radius 1 is 1.35 bits per heavy atom. The number of aryl methyl sites for hydroxylation is 1. The molecule has 1 aliphatic heterocycles. The Kier molecular flexibility index (Phi) is 3.48. The van der Waals surface area contributed by atoms with E-state index in [1.165, 1.54) is 11.3 Å². The van der Waals surface area contributed by atoms with E-state index in [0.29, 0.717) is 12.3 Å². The highest BCUT2D eigenvalue weighted by Crippen LogP contribution is 2.44. The highest BCUT2D eigenvalue weighted by atomic mass is 16.4. The Hall–Kier alpha value is -2.83. The van der Waals surface area contributed by atoms with Crippen LogP contribution in [0.25, 0.3) is 0 Å². The second-order valence-corrected chi connectivity index (χ2v) is 7.35. The first-order valence-electron chi connectivity index (χ1n) is 9.12. The van der Waals surface area contributed by atoms with Crippen LogP contribution < -0.4 is 0 Å². The lowest BCUT2D eigenvalue weighted by Gasteiger charge is -2.40. The molecule has 1 saturated heterocycles. The molecule has 4 heterocycles. The maximum Gasteiger partial charge on any atom is 0.289 e. The molecule has 1 fully saturated rings. The minimum absolute atomic E-state index is 0.0243. The minimum Gasteiger partial charge on any atom is -0.454 e. The Balaban J connectivity index is 1.34. The number of piperidine rings is 1. The summed E-state index contributed by atoms with van der Waals surface area (Å²) in [5.41, 5.74) is 2.57. The number of aromatic nitrogens is 4. The van der Waals surface area contributed by atoms with Crippen LogP contribution in [0.4, 0.5) is 0 Å². The zero-order valence-electron chi connectivity index (χ0n) is 14.5. The summed E-state index contributed by atoms with van der Waals surface area (Å²) >= 11 is 0. The molecule has 7 heteroatoms. The minimum atomic E-state index is -0.0243. The van der Waals surface area contributed by atoms with E-state index in [2.05, 4.69) is 15.3 Å². The molecule has 1 aliphatic carbocycles. The quantitative estimate of drug-likeness (QED) is 0.786. The first-order valence-corrected chi connectivity index (χ1v) is 9.12. The van der Waals surface area contributed by atoms with Gasteiger partial charge in [-0.15, -0.1) is 0 Å². The molecule has 1 spiro atoms. The molecule has 0 radical (unpaired) electrons. The van der Waals surface area contributed by atoms with Crippen LogP contribution in [0.5, 0.6) is 0 Å². The van der Waals surface area contributed by atoms with Crippen molar-refractivity contribution < 1.29 is 9.21 Å². The number of carbonyl (C=O) groups is 1. The highest BCUT2D eigenvalue weighted by Gasteiger charge is 2.44. The third-order valence-corrected chi connectivity index (χ3v) is 5.73. The van der Waals surface area contributed by atoms with Crippen molar-refractivity contribution >= 4 is 5.91 Å². The summed E-state index contributed by atoms with van der Waals surface area (Å²) in [6.45, 7) is 2.04. The second kappa shape index (κ2) is 5.86. The van der Waals surface area contributed by atoms with E-state index >= 15 is 0 Å². The largest absolute Gasteiger partial charge is 0.454 e. The van der Waals surface area contributed by atoms with E-state index in [9.17, 15) is 4.79 Å². The summed E-state index contributed by atoms with van der Waals surface area (Å²) < 4.78 is 7.58. The smallest absolute Gasteiger partial charge is 0.289 e. The van der Waals surface area contributed by atoms with Crippen LogP contribution in [0.3, 0.4) is 0 Å². The lowest BCUT2D eigenvalue weighted by Crippen LogP contribution is -2.47. The summed E-state index contributed by atoms with van der Waals surface area (Å²) in [7, 11) is 0. The molecule has 26 heavy (non-hydrogen) atoms. The van der Waals surface area contributed by atoms with Crippen LogP contribution in [-0.2, 0) is 18.4 Å². The third-order valence-electron chi connectivity index (χ3n) is 5.73. The molecule has 3 aromatic rings. The van der Waals surface area contributed by atoms with Crippen LogP contribution >= 0.6 is 0 Å². The normalized spacial score (nSPS) is 22.1. The fourth-order valence-electron chi connectivity index (χ4n) is 4.46. The number of nitrogens with one attached hydrogen (secondary N) is 1. The van der Waals surface area contributed by atoms with E-state index in [0.717, 1.165) is 44.5 Å². The molecule has 1 N–H and O–H groups in total. The summed E-state index contributed by atoms with van der Waals surface area (Å²) in [5, 5.41) is 11.6. The molecule has 1 atom stereocenters. The number of likely N-dealkylation sites (tertiary alicyclic amines) is 1. The van der Waals surface area contributed by atoms with Crippen LogP contribution in [-0.4, -0.2) is 43.9 Å². The van der Waals surface area contributed by atoms with Crippen molar-refractivity contribution in [2.24, 2.45) is 0 Å². The predicted octanol–water partition coefficient (Wildman–Crippen LogP) is 2.37. The SMILES string of the molecule is O=C(c1ccc(Cn2cccn2)o1)N1CCCC2(CCc3cn[nH]c32)C1. The van der Waals surface area contributed by atoms with E-state index in [-0.39, 0.29) is 11.3 Å². The Morgan fingerprint density at radius 3 is 3.19 bits per heavy atom. The van der Waals surface area contributed by atoms with Crippen molar-refractivity contribution in [3.8, 4) is 0 Å². The predicted molar refractivity (Wildman–Crippen MR) is 93.8 cm³/mol. The number of H-pyrrole nitrogens is 1. The van der Waals surface area contributed by atoms with Crippen molar-refractivity contribution in [2.75, 3.05) is 13.1 Å². The number of nitrogens with zero attached hydrogens (tertiary/aromatic N) is 4. The van der Waals surface area contributed by atoms with Crippen molar-refractivity contribution in [3.05, 3.63) is 59.6 Å². The van der Waals surface area contributed by atoms with Gasteiger partial charge in [0.2, 0.25) is 0 Å². The fraction of sp³-hybridized carbons (Fsp3) is 0.421. The molecule has 1 amide bonds. The van der Waals surface area contributed by atoms with Crippen molar-refractivity contribution in [3.63, 3.8) is 0 Å². The number of fused-ring (bicyclic) bond motifs is 2. The molecule has 7 nitrogen and oxygen atoms in total. The van der Waals surface area contributed by atoms with Gasteiger partial charge >= 0.3 is 0 Å². The maximum atomic E-state index is 13.0. The van der Waals surface area contributed by atoms with Gasteiger partial charge in [-0.05, 0) is 49.4 Å². The zero-order chi connectivity index (χ0) is 17.6. The van der Waals surface area contributed by atoms with E-state index < -0.39 is 0 Å². The van der Waals surface area contributed by atoms with Gasteiger partial charge in [-0.2, -0.15) is 10.2 Å². The topological polar surface area (TPSA) is 79.9 Å². The van der Waals surface area contributed by atoms with Gasteiger partial charge in [0.1, 0.15) is 5.76 Å². The molecule has 5 rings (SSSR count). The Bertz CT molecular complexity index is 926. The number of aromatic amines is 1. The van der Waals surface area contributed by atoms with Crippen LogP contribution in [0.2, 0.25) is 0 Å². The molecule has 3 aromatic heterocycles. The fourth-order valence-corrected chi connectivity index (χ4v) is 4.46. The van der Waals surface area contributed by atoms with E-state index in [1.807, 2.05) is 29.4 Å². The van der Waals surface area contributed by atoms with Gasteiger partial charge in [-0.1, -0.05) is 0 Å². The number of hydrogen-bond acceptors (Lipinski definition) is 4. The maximum absolute atomic E-state index is 13.0. The summed E-state index contributed by atoms with van der Waals surface area (Å²) in [6, 6.07) is 5.50. The molecular weight excluding hydrogens is 330 g/mol. The van der Waals surface area contributed by atoms with Gasteiger partial charge in [-0.3, -0.25) is 14.6 Å². The summed E-state index contributed by atoms with van der Waals surface area (Å²) in [5.74, 6) is 1.12. The zero-order valence-corrected chi connectivity index (χ0v) is 14.5. The first-order chi connectivity index (χ1) is 12.7. The third kappa shape index (κ3) is 2.46. The standard InChI is InChI=1S/C19H21N5O2/c25-18(16-4-3-15(26-16)12-24-10-2-8-21-24)23-9-1-6-19(13-23)7-5-14-11-20-22-17(14)19/h2-4,8,10-11H,1,5-7,9,12-13H2,(H,20,22). The van der Waals surface area contributed by atoms with Crippen molar-refractivity contribution in [1.82, 2.24) is 24.9 Å². The van der Waals surface area contributed by atoms with Crippen LogP contribution in [0.1, 0.15) is 46.8 Å². The van der Waals surface area contributed by atoms with E-state index in [4.69, 9.17) is 4.42 Å².